The maximum atomic E-state index is 8.02. The zero-order chi connectivity index (χ0) is 6.24. The van der Waals surface area contributed by atoms with Gasteiger partial charge in [-0.2, -0.15) is 5.26 Å². The first-order valence-electron chi connectivity index (χ1n) is 2.42. The molecule has 8 heavy (non-hydrogen) atoms. The van der Waals surface area contributed by atoms with Crippen LogP contribution in [0.5, 0.6) is 0 Å². The first-order valence-corrected chi connectivity index (χ1v) is 2.42. The fourth-order valence-electron chi connectivity index (χ4n) is 0.300. The van der Waals surface area contributed by atoms with Crippen molar-refractivity contribution in [3.05, 3.63) is 12.2 Å². The van der Waals surface area contributed by atoms with Gasteiger partial charge in [0.25, 0.3) is 0 Å². The summed E-state index contributed by atoms with van der Waals surface area (Å²) in [5, 5.41) is 8.02. The average Bonchev–Trinajstić information content (AvgIpc) is 1.81. The molecule has 0 aliphatic rings. The van der Waals surface area contributed by atoms with E-state index >= 15 is 0 Å². The average molecular weight is 111 g/mol. The highest BCUT2D eigenvalue weighted by Crippen LogP contribution is 1.78. The van der Waals surface area contributed by atoms with Crippen molar-refractivity contribution < 1.29 is 4.74 Å². The van der Waals surface area contributed by atoms with Crippen LogP contribution in [-0.2, 0) is 4.74 Å². The van der Waals surface area contributed by atoms with Crippen molar-refractivity contribution >= 4 is 0 Å². The Morgan fingerprint density at radius 3 is 2.88 bits per heavy atom. The van der Waals surface area contributed by atoms with Gasteiger partial charge in [-0.05, 0) is 0 Å². The van der Waals surface area contributed by atoms with E-state index in [2.05, 4.69) is 0 Å². The lowest BCUT2D eigenvalue weighted by Crippen LogP contribution is -1.78. The third kappa shape index (κ3) is 5.19. The summed E-state index contributed by atoms with van der Waals surface area (Å²) in [6.45, 7) is 0.599. The lowest BCUT2D eigenvalue weighted by Gasteiger charge is -1.83. The van der Waals surface area contributed by atoms with Gasteiger partial charge >= 0.3 is 0 Å². The Balaban J connectivity index is 2.98. The Kier molecular flexibility index (Phi) is 5.56. The molecule has 0 aromatic heterocycles. The molecule has 0 heterocycles. The van der Waals surface area contributed by atoms with Crippen molar-refractivity contribution in [2.75, 3.05) is 13.7 Å². The summed E-state index contributed by atoms with van der Waals surface area (Å²) in [4.78, 5) is 0. The van der Waals surface area contributed by atoms with Gasteiger partial charge in [-0.3, -0.25) is 0 Å². The molecule has 0 unspecified atom stereocenters. The van der Waals surface area contributed by atoms with E-state index in [1.807, 2.05) is 12.1 Å². The summed E-state index contributed by atoms with van der Waals surface area (Å²) < 4.78 is 4.69. The van der Waals surface area contributed by atoms with Gasteiger partial charge < -0.3 is 4.74 Å². The van der Waals surface area contributed by atoms with Crippen LogP contribution in [0, 0.1) is 11.3 Å². The molecule has 0 atom stereocenters. The fraction of sp³-hybridized carbons (Fsp3) is 0.500. The lowest BCUT2D eigenvalue weighted by molar-refractivity contribution is 0.233. The van der Waals surface area contributed by atoms with Gasteiger partial charge in [0.05, 0.1) is 19.1 Å². The molecule has 0 spiro atoms. The normalized spacial score (nSPS) is 9.50. The van der Waals surface area contributed by atoms with Crippen LogP contribution in [0.2, 0.25) is 0 Å². The minimum atomic E-state index is 0.476. The molecule has 0 saturated carbocycles. The number of allylic oxidation sites excluding steroid dienone is 1. The van der Waals surface area contributed by atoms with E-state index < -0.39 is 0 Å². The van der Waals surface area contributed by atoms with Crippen molar-refractivity contribution in [1.82, 2.24) is 0 Å². The second-order valence-electron chi connectivity index (χ2n) is 1.29. The van der Waals surface area contributed by atoms with E-state index in [1.165, 1.54) is 0 Å². The van der Waals surface area contributed by atoms with Gasteiger partial charge in [0, 0.05) is 7.11 Å². The molecule has 0 aromatic rings. The Morgan fingerprint density at radius 2 is 2.38 bits per heavy atom. The van der Waals surface area contributed by atoms with Crippen molar-refractivity contribution in [2.24, 2.45) is 0 Å². The SMILES string of the molecule is COC/C=C/CC#N. The quantitative estimate of drug-likeness (QED) is 0.511. The van der Waals surface area contributed by atoms with Gasteiger partial charge in [-0.15, -0.1) is 0 Å². The van der Waals surface area contributed by atoms with Crippen LogP contribution < -0.4 is 0 Å². The number of ether oxygens (including phenoxy) is 1. The molecule has 0 aliphatic carbocycles. The first kappa shape index (κ1) is 7.19. The summed E-state index contributed by atoms with van der Waals surface area (Å²) in [6.07, 6.45) is 4.08. The summed E-state index contributed by atoms with van der Waals surface area (Å²) in [5.74, 6) is 0. The molecule has 44 valence electrons. The maximum absolute atomic E-state index is 8.02. The van der Waals surface area contributed by atoms with Gasteiger partial charge in [0.1, 0.15) is 0 Å². The van der Waals surface area contributed by atoms with E-state index in [4.69, 9.17) is 10.00 Å². The minimum absolute atomic E-state index is 0.476. The van der Waals surface area contributed by atoms with Crippen LogP contribution in [0.25, 0.3) is 0 Å². The van der Waals surface area contributed by atoms with Crippen molar-refractivity contribution in [1.29, 1.82) is 5.26 Å². The van der Waals surface area contributed by atoms with Crippen LogP contribution in [-0.4, -0.2) is 13.7 Å². The van der Waals surface area contributed by atoms with E-state index in [9.17, 15) is 0 Å². The predicted molar refractivity (Wildman–Crippen MR) is 31.2 cm³/mol. The first-order chi connectivity index (χ1) is 3.91. The molecule has 0 aliphatic heterocycles. The number of nitrogens with zero attached hydrogens (tertiary/aromatic N) is 1. The summed E-state index contributed by atoms with van der Waals surface area (Å²) in [7, 11) is 1.62. The Labute approximate surface area is 49.4 Å². The number of rotatable bonds is 3. The molecule has 0 saturated heterocycles. The largest absolute Gasteiger partial charge is 0.381 e. The monoisotopic (exact) mass is 111 g/mol. The molecule has 2 nitrogen and oxygen atoms in total. The summed E-state index contributed by atoms with van der Waals surface area (Å²) in [5.41, 5.74) is 0. The van der Waals surface area contributed by atoms with Crippen molar-refractivity contribution in [3.63, 3.8) is 0 Å². The van der Waals surface area contributed by atoms with Crippen LogP contribution in [0.4, 0.5) is 0 Å². The Morgan fingerprint density at radius 1 is 1.62 bits per heavy atom. The summed E-state index contributed by atoms with van der Waals surface area (Å²) in [6, 6.07) is 1.98. The molecule has 0 rings (SSSR count). The van der Waals surface area contributed by atoms with E-state index in [1.54, 1.807) is 13.2 Å². The highest BCUT2D eigenvalue weighted by molar-refractivity contribution is 4.90. The van der Waals surface area contributed by atoms with Crippen LogP contribution in [0.15, 0.2) is 12.2 Å². The second kappa shape index (κ2) is 6.19. The molecule has 0 fully saturated rings. The van der Waals surface area contributed by atoms with Gasteiger partial charge in [-0.1, -0.05) is 12.2 Å². The molecular weight excluding hydrogens is 102 g/mol. The topological polar surface area (TPSA) is 33.0 Å². The maximum Gasteiger partial charge on any atom is 0.0663 e. The fourth-order valence-corrected chi connectivity index (χ4v) is 0.300. The van der Waals surface area contributed by atoms with Crippen molar-refractivity contribution in [2.45, 2.75) is 6.42 Å². The molecule has 0 radical (unpaired) electrons. The van der Waals surface area contributed by atoms with Gasteiger partial charge in [0.15, 0.2) is 0 Å². The molecule has 0 aromatic carbocycles. The van der Waals surface area contributed by atoms with E-state index in [-0.39, 0.29) is 0 Å². The molecule has 0 N–H and O–H groups in total. The third-order valence-electron chi connectivity index (χ3n) is 0.639. The standard InChI is InChI=1S/C6H9NO/c1-8-6-4-2-3-5-7/h2,4H,3,6H2,1H3/b4-2+. The van der Waals surface area contributed by atoms with Gasteiger partial charge in [0.2, 0.25) is 0 Å². The highest BCUT2D eigenvalue weighted by atomic mass is 16.5. The van der Waals surface area contributed by atoms with E-state index in [0.717, 1.165) is 0 Å². The zero-order valence-electron chi connectivity index (χ0n) is 4.92. The number of hydrogen-bond donors (Lipinski definition) is 0. The second-order valence-corrected chi connectivity index (χ2v) is 1.29. The molecule has 2 heteroatoms. The number of methoxy groups -OCH3 is 1. The van der Waals surface area contributed by atoms with Crippen LogP contribution in [0.1, 0.15) is 6.42 Å². The van der Waals surface area contributed by atoms with Gasteiger partial charge in [-0.25, -0.2) is 0 Å². The Hall–Kier alpha value is -0.810. The Bertz CT molecular complexity index is 102. The molecule has 0 bridgehead atoms. The van der Waals surface area contributed by atoms with Crippen LogP contribution >= 0.6 is 0 Å². The van der Waals surface area contributed by atoms with E-state index in [0.29, 0.717) is 13.0 Å². The number of nitriles is 1. The third-order valence-corrected chi connectivity index (χ3v) is 0.639. The zero-order valence-corrected chi connectivity index (χ0v) is 4.92. The molecular formula is C6H9NO. The lowest BCUT2D eigenvalue weighted by atomic mass is 10.4. The van der Waals surface area contributed by atoms with Crippen molar-refractivity contribution in [3.8, 4) is 6.07 Å². The smallest absolute Gasteiger partial charge is 0.0663 e. The predicted octanol–water partition coefficient (Wildman–Crippen LogP) is 1.10. The minimum Gasteiger partial charge on any atom is -0.381 e. The molecule has 0 amide bonds. The highest BCUT2D eigenvalue weighted by Gasteiger charge is 1.70. The summed E-state index contributed by atoms with van der Waals surface area (Å²) >= 11 is 0. The van der Waals surface area contributed by atoms with Crippen LogP contribution in [0.3, 0.4) is 0 Å². The number of hydrogen-bond acceptors (Lipinski definition) is 2.